The van der Waals surface area contributed by atoms with Crippen LogP contribution in [0.3, 0.4) is 0 Å². The molecular formula is C20H21F2NO. The maximum Gasteiger partial charge on any atom is 0.123 e. The Kier molecular flexibility index (Phi) is 4.23. The zero-order valence-corrected chi connectivity index (χ0v) is 13.5. The van der Waals surface area contributed by atoms with Gasteiger partial charge < -0.3 is 4.74 Å². The number of rotatable bonds is 5. The van der Waals surface area contributed by atoms with Gasteiger partial charge >= 0.3 is 0 Å². The smallest absolute Gasteiger partial charge is 0.123 e. The number of hydrogen-bond acceptors (Lipinski definition) is 2. The molecule has 0 bridgehead atoms. The van der Waals surface area contributed by atoms with Gasteiger partial charge in [-0.25, -0.2) is 8.78 Å². The molecule has 2 nitrogen and oxygen atoms in total. The topological polar surface area (TPSA) is 12.5 Å². The largest absolute Gasteiger partial charge is 0.492 e. The van der Waals surface area contributed by atoms with E-state index in [1.807, 2.05) is 12.1 Å². The second-order valence-corrected chi connectivity index (χ2v) is 6.88. The van der Waals surface area contributed by atoms with Crippen molar-refractivity contribution in [1.29, 1.82) is 0 Å². The molecule has 0 spiro atoms. The van der Waals surface area contributed by atoms with Crippen LogP contribution >= 0.6 is 0 Å². The molecule has 0 N–H and O–H groups in total. The highest BCUT2D eigenvalue weighted by molar-refractivity contribution is 5.26. The van der Waals surface area contributed by atoms with Crippen molar-refractivity contribution in [3.8, 4) is 5.75 Å². The second kappa shape index (κ2) is 6.52. The number of nitrogens with zero attached hydrogens (tertiary/aromatic N) is 1. The van der Waals surface area contributed by atoms with Crippen LogP contribution in [0.1, 0.15) is 17.9 Å². The quantitative estimate of drug-likeness (QED) is 0.819. The van der Waals surface area contributed by atoms with E-state index in [1.54, 1.807) is 24.3 Å². The predicted molar refractivity (Wildman–Crippen MR) is 89.1 cm³/mol. The van der Waals surface area contributed by atoms with Crippen molar-refractivity contribution >= 4 is 0 Å². The van der Waals surface area contributed by atoms with Crippen LogP contribution in [0.15, 0.2) is 48.5 Å². The molecule has 1 aliphatic heterocycles. The van der Waals surface area contributed by atoms with E-state index in [0.29, 0.717) is 24.2 Å². The molecule has 3 unspecified atom stereocenters. The lowest BCUT2D eigenvalue weighted by atomic mass is 9.64. The van der Waals surface area contributed by atoms with Crippen molar-refractivity contribution in [2.75, 3.05) is 26.2 Å². The van der Waals surface area contributed by atoms with Gasteiger partial charge in [0.25, 0.3) is 0 Å². The van der Waals surface area contributed by atoms with Gasteiger partial charge in [-0.15, -0.1) is 0 Å². The van der Waals surface area contributed by atoms with Crippen molar-refractivity contribution < 1.29 is 13.5 Å². The highest BCUT2D eigenvalue weighted by atomic mass is 19.1. The van der Waals surface area contributed by atoms with E-state index in [-0.39, 0.29) is 11.6 Å². The molecule has 1 aliphatic carbocycles. The average molecular weight is 329 g/mol. The average Bonchev–Trinajstić information content (AvgIpc) is 2.88. The number of likely N-dealkylation sites (tertiary alicyclic amines) is 1. The summed E-state index contributed by atoms with van der Waals surface area (Å²) < 4.78 is 31.6. The van der Waals surface area contributed by atoms with Crippen molar-refractivity contribution in [2.24, 2.45) is 11.8 Å². The Morgan fingerprint density at radius 3 is 2.29 bits per heavy atom. The number of halogens is 2. The third kappa shape index (κ3) is 3.16. The molecule has 2 aromatic carbocycles. The number of benzene rings is 2. The first-order valence-electron chi connectivity index (χ1n) is 8.55. The van der Waals surface area contributed by atoms with Gasteiger partial charge in [-0.3, -0.25) is 4.90 Å². The lowest BCUT2D eigenvalue weighted by molar-refractivity contribution is 0.191. The fourth-order valence-corrected chi connectivity index (χ4v) is 4.10. The molecule has 1 saturated heterocycles. The van der Waals surface area contributed by atoms with Crippen molar-refractivity contribution in [3.63, 3.8) is 0 Å². The van der Waals surface area contributed by atoms with E-state index >= 15 is 0 Å². The molecule has 0 radical (unpaired) electrons. The Morgan fingerprint density at radius 2 is 1.58 bits per heavy atom. The third-order valence-corrected chi connectivity index (χ3v) is 5.43. The zero-order valence-electron chi connectivity index (χ0n) is 13.5. The minimum Gasteiger partial charge on any atom is -0.492 e. The molecule has 0 aromatic heterocycles. The molecule has 3 atom stereocenters. The van der Waals surface area contributed by atoms with Crippen LogP contribution in [-0.2, 0) is 0 Å². The Balaban J connectivity index is 1.26. The van der Waals surface area contributed by atoms with Gasteiger partial charge in [-0.2, -0.15) is 0 Å². The van der Waals surface area contributed by atoms with E-state index in [1.165, 1.54) is 24.1 Å². The first kappa shape index (κ1) is 15.6. The molecule has 1 saturated carbocycles. The highest BCUT2D eigenvalue weighted by Gasteiger charge is 2.47. The monoisotopic (exact) mass is 329 g/mol. The van der Waals surface area contributed by atoms with Gasteiger partial charge in [-0.05, 0) is 66.1 Å². The summed E-state index contributed by atoms with van der Waals surface area (Å²) in [6.45, 7) is 3.71. The highest BCUT2D eigenvalue weighted by Crippen LogP contribution is 2.51. The summed E-state index contributed by atoms with van der Waals surface area (Å²) in [6.07, 6.45) is 1.20. The van der Waals surface area contributed by atoms with Crippen LogP contribution in [0, 0.1) is 23.5 Å². The molecule has 1 heterocycles. The first-order valence-corrected chi connectivity index (χ1v) is 8.55. The molecule has 126 valence electrons. The van der Waals surface area contributed by atoms with Crippen LogP contribution in [-0.4, -0.2) is 31.1 Å². The van der Waals surface area contributed by atoms with Crippen LogP contribution < -0.4 is 4.74 Å². The molecule has 2 aliphatic rings. The van der Waals surface area contributed by atoms with Gasteiger partial charge in [0.2, 0.25) is 0 Å². The lowest BCUT2D eigenvalue weighted by Gasteiger charge is -2.40. The normalized spacial score (nSPS) is 26.0. The summed E-state index contributed by atoms with van der Waals surface area (Å²) >= 11 is 0. The predicted octanol–water partition coefficient (Wildman–Crippen LogP) is 4.08. The van der Waals surface area contributed by atoms with E-state index in [4.69, 9.17) is 4.74 Å². The van der Waals surface area contributed by atoms with Gasteiger partial charge in [0, 0.05) is 19.6 Å². The zero-order chi connectivity index (χ0) is 16.5. The first-order chi connectivity index (χ1) is 11.7. The molecular weight excluding hydrogens is 308 g/mol. The lowest BCUT2D eigenvalue weighted by Crippen LogP contribution is -2.33. The van der Waals surface area contributed by atoms with Gasteiger partial charge in [0.1, 0.15) is 24.0 Å². The molecule has 2 fully saturated rings. The van der Waals surface area contributed by atoms with Crippen molar-refractivity contribution in [3.05, 3.63) is 65.7 Å². The third-order valence-electron chi connectivity index (χ3n) is 5.43. The van der Waals surface area contributed by atoms with Gasteiger partial charge in [0.05, 0.1) is 0 Å². The minimum absolute atomic E-state index is 0.166. The Bertz CT molecular complexity index is 686. The SMILES string of the molecule is Fc1ccc(OCCN2CC3CC(c4ccc(F)cc4)C3C2)cc1. The van der Waals surface area contributed by atoms with Crippen LogP contribution in [0.5, 0.6) is 5.75 Å². The van der Waals surface area contributed by atoms with Crippen LogP contribution in [0.25, 0.3) is 0 Å². The fraction of sp³-hybridized carbons (Fsp3) is 0.400. The van der Waals surface area contributed by atoms with E-state index < -0.39 is 0 Å². The summed E-state index contributed by atoms with van der Waals surface area (Å²) in [4.78, 5) is 2.45. The minimum atomic E-state index is -0.245. The van der Waals surface area contributed by atoms with Crippen molar-refractivity contribution in [1.82, 2.24) is 4.90 Å². The van der Waals surface area contributed by atoms with Crippen LogP contribution in [0.2, 0.25) is 0 Å². The summed E-state index contributed by atoms with van der Waals surface area (Å²) in [6, 6.07) is 13.1. The number of fused-ring (bicyclic) bond motifs is 1. The Hall–Kier alpha value is -1.94. The molecule has 4 heteroatoms. The molecule has 0 amide bonds. The van der Waals surface area contributed by atoms with Gasteiger partial charge in [0.15, 0.2) is 0 Å². The summed E-state index contributed by atoms with van der Waals surface area (Å²) in [5.74, 6) is 2.31. The molecule has 4 rings (SSSR count). The summed E-state index contributed by atoms with van der Waals surface area (Å²) in [5.41, 5.74) is 1.27. The van der Waals surface area contributed by atoms with E-state index in [0.717, 1.165) is 25.6 Å². The fourth-order valence-electron chi connectivity index (χ4n) is 4.10. The molecule has 2 aromatic rings. The van der Waals surface area contributed by atoms with Crippen LogP contribution in [0.4, 0.5) is 8.78 Å². The second-order valence-electron chi connectivity index (χ2n) is 6.88. The maximum atomic E-state index is 13.1. The summed E-state index contributed by atoms with van der Waals surface area (Å²) in [7, 11) is 0. The van der Waals surface area contributed by atoms with E-state index in [2.05, 4.69) is 4.90 Å². The van der Waals surface area contributed by atoms with Gasteiger partial charge in [-0.1, -0.05) is 12.1 Å². The Labute approximate surface area is 141 Å². The standard InChI is InChI=1S/C20H21F2NO/c21-16-3-1-14(2-4-16)19-11-15-12-23(13-20(15)19)9-10-24-18-7-5-17(22)6-8-18/h1-8,15,19-20H,9-13H2. The Morgan fingerprint density at radius 1 is 0.917 bits per heavy atom. The van der Waals surface area contributed by atoms with E-state index in [9.17, 15) is 8.78 Å². The summed E-state index contributed by atoms with van der Waals surface area (Å²) in [5, 5.41) is 0. The maximum absolute atomic E-state index is 13.1. The number of ether oxygens (including phenoxy) is 1. The number of hydrogen-bond donors (Lipinski definition) is 0. The van der Waals surface area contributed by atoms with Crippen molar-refractivity contribution in [2.45, 2.75) is 12.3 Å². The molecule has 24 heavy (non-hydrogen) atoms.